The smallest absolute Gasteiger partial charge is 0.394 e. The number of aromatic nitrogens is 2. The van der Waals surface area contributed by atoms with Crippen molar-refractivity contribution in [2.75, 3.05) is 11.9 Å². The molecule has 2 aromatic rings. The summed E-state index contributed by atoms with van der Waals surface area (Å²) in [5, 5.41) is 15.4. The molecule has 0 bridgehead atoms. The number of halogens is 4. The molecule has 2 rings (SSSR count). The summed E-state index contributed by atoms with van der Waals surface area (Å²) in [5.74, 6) is -0.929. The summed E-state index contributed by atoms with van der Waals surface area (Å²) in [6.07, 6.45) is -1.61. The van der Waals surface area contributed by atoms with Crippen LogP contribution in [0.15, 0.2) is 30.6 Å². The highest BCUT2D eigenvalue weighted by molar-refractivity contribution is 5.41. The molecule has 0 fully saturated rings. The lowest BCUT2D eigenvalue weighted by Gasteiger charge is -2.13. The average Bonchev–Trinajstić information content (AvgIpc) is 2.84. The van der Waals surface area contributed by atoms with Gasteiger partial charge in [0.05, 0.1) is 30.6 Å². The number of hydrogen-bond acceptors (Lipinski definition) is 3. The van der Waals surface area contributed by atoms with Crippen LogP contribution in [0.1, 0.15) is 11.1 Å². The van der Waals surface area contributed by atoms with Crippen molar-refractivity contribution >= 4 is 5.69 Å². The fraction of sp³-hybridized carbons (Fsp3) is 0.308. The van der Waals surface area contributed by atoms with Gasteiger partial charge in [0.25, 0.3) is 0 Å². The zero-order valence-electron chi connectivity index (χ0n) is 10.9. The molecular formula is C13H13F4N3O. The van der Waals surface area contributed by atoms with Crippen LogP contribution in [0.3, 0.4) is 0 Å². The first-order valence-corrected chi connectivity index (χ1v) is 6.13. The molecule has 1 aromatic heterocycles. The number of anilines is 1. The monoisotopic (exact) mass is 303 g/mol. The second-order valence-electron chi connectivity index (χ2n) is 4.37. The van der Waals surface area contributed by atoms with Crippen LogP contribution in [-0.2, 0) is 19.3 Å². The van der Waals surface area contributed by atoms with Gasteiger partial charge in [0.1, 0.15) is 5.82 Å². The first-order chi connectivity index (χ1) is 9.90. The Labute approximate surface area is 118 Å². The van der Waals surface area contributed by atoms with Crippen LogP contribution in [-0.4, -0.2) is 21.5 Å². The molecule has 0 amide bonds. The second kappa shape index (κ2) is 6.13. The van der Waals surface area contributed by atoms with E-state index in [2.05, 4.69) is 10.4 Å². The van der Waals surface area contributed by atoms with E-state index in [1.165, 1.54) is 10.9 Å². The Kier molecular flexibility index (Phi) is 4.46. The van der Waals surface area contributed by atoms with E-state index in [9.17, 15) is 17.6 Å². The molecule has 1 aromatic carbocycles. The van der Waals surface area contributed by atoms with Crippen molar-refractivity contribution in [2.45, 2.75) is 19.3 Å². The lowest BCUT2D eigenvalue weighted by Crippen LogP contribution is -2.12. The number of rotatable bonds is 5. The first kappa shape index (κ1) is 15.3. The maximum atomic E-state index is 13.0. The predicted molar refractivity (Wildman–Crippen MR) is 68.0 cm³/mol. The Morgan fingerprint density at radius 2 is 2.05 bits per heavy atom. The minimum atomic E-state index is -4.61. The average molecular weight is 303 g/mol. The fourth-order valence-electron chi connectivity index (χ4n) is 1.84. The second-order valence-corrected chi connectivity index (χ2v) is 4.37. The SMILES string of the molecule is OCCn1cc(NCc2ccc(F)cc2C(F)(F)F)cn1. The van der Waals surface area contributed by atoms with Gasteiger partial charge in [-0.3, -0.25) is 4.68 Å². The van der Waals surface area contributed by atoms with Crippen LogP contribution in [0.4, 0.5) is 23.2 Å². The van der Waals surface area contributed by atoms with Gasteiger partial charge in [0.15, 0.2) is 0 Å². The summed E-state index contributed by atoms with van der Waals surface area (Å²) < 4.78 is 52.9. The Balaban J connectivity index is 2.12. The molecule has 0 radical (unpaired) electrons. The summed E-state index contributed by atoms with van der Waals surface area (Å²) in [5.41, 5.74) is -0.544. The third-order valence-electron chi connectivity index (χ3n) is 2.82. The van der Waals surface area contributed by atoms with Gasteiger partial charge in [0.2, 0.25) is 0 Å². The molecule has 0 aliphatic rings. The van der Waals surface area contributed by atoms with E-state index in [0.717, 1.165) is 12.1 Å². The zero-order valence-corrected chi connectivity index (χ0v) is 10.9. The van der Waals surface area contributed by atoms with E-state index in [1.807, 2.05) is 0 Å². The molecule has 0 aliphatic carbocycles. The number of alkyl halides is 3. The van der Waals surface area contributed by atoms with Gasteiger partial charge in [-0.2, -0.15) is 18.3 Å². The van der Waals surface area contributed by atoms with E-state index in [4.69, 9.17) is 5.11 Å². The molecule has 0 saturated heterocycles. The van der Waals surface area contributed by atoms with Gasteiger partial charge in [-0.1, -0.05) is 6.07 Å². The van der Waals surface area contributed by atoms with Crippen molar-refractivity contribution in [2.24, 2.45) is 0 Å². The van der Waals surface area contributed by atoms with Crippen molar-refractivity contribution in [1.82, 2.24) is 9.78 Å². The van der Waals surface area contributed by atoms with Crippen LogP contribution in [0, 0.1) is 5.82 Å². The van der Waals surface area contributed by atoms with Crippen LogP contribution in [0.5, 0.6) is 0 Å². The molecule has 8 heteroatoms. The van der Waals surface area contributed by atoms with Crippen LogP contribution in [0.25, 0.3) is 0 Å². The highest BCUT2D eigenvalue weighted by atomic mass is 19.4. The molecule has 2 N–H and O–H groups in total. The van der Waals surface area contributed by atoms with E-state index in [1.54, 1.807) is 6.20 Å². The molecule has 4 nitrogen and oxygen atoms in total. The minimum absolute atomic E-state index is 0.0567. The highest BCUT2D eigenvalue weighted by Crippen LogP contribution is 2.32. The van der Waals surface area contributed by atoms with Crippen molar-refractivity contribution in [3.8, 4) is 0 Å². The Bertz CT molecular complexity index is 610. The highest BCUT2D eigenvalue weighted by Gasteiger charge is 2.33. The van der Waals surface area contributed by atoms with Crippen molar-refractivity contribution in [3.63, 3.8) is 0 Å². The normalized spacial score (nSPS) is 11.7. The molecule has 0 spiro atoms. The summed E-state index contributed by atoms with van der Waals surface area (Å²) in [4.78, 5) is 0. The van der Waals surface area contributed by atoms with Crippen LogP contribution in [0.2, 0.25) is 0 Å². The van der Waals surface area contributed by atoms with Gasteiger partial charge in [-0.05, 0) is 17.7 Å². The van der Waals surface area contributed by atoms with Gasteiger partial charge in [0, 0.05) is 12.7 Å². The van der Waals surface area contributed by atoms with E-state index >= 15 is 0 Å². The maximum absolute atomic E-state index is 13.0. The minimum Gasteiger partial charge on any atom is -0.394 e. The van der Waals surface area contributed by atoms with Gasteiger partial charge in [-0.25, -0.2) is 4.39 Å². The lowest BCUT2D eigenvalue weighted by molar-refractivity contribution is -0.138. The third-order valence-corrected chi connectivity index (χ3v) is 2.82. The van der Waals surface area contributed by atoms with E-state index < -0.39 is 17.6 Å². The van der Waals surface area contributed by atoms with E-state index in [0.29, 0.717) is 18.3 Å². The topological polar surface area (TPSA) is 50.1 Å². The summed E-state index contributed by atoms with van der Waals surface area (Å²) in [6, 6.07) is 2.57. The van der Waals surface area contributed by atoms with Gasteiger partial charge < -0.3 is 10.4 Å². The number of aliphatic hydroxyl groups excluding tert-OH is 1. The molecule has 1 heterocycles. The maximum Gasteiger partial charge on any atom is 0.416 e. The number of hydrogen-bond donors (Lipinski definition) is 2. The molecule has 21 heavy (non-hydrogen) atoms. The standard InChI is InChI=1S/C13H13F4N3O/c14-10-2-1-9(12(5-10)13(15,16)17)6-18-11-7-19-20(8-11)3-4-21/h1-2,5,7-8,18,21H,3-4,6H2. The van der Waals surface area contributed by atoms with Crippen molar-refractivity contribution < 1.29 is 22.7 Å². The van der Waals surface area contributed by atoms with Crippen molar-refractivity contribution in [1.29, 1.82) is 0 Å². The quantitative estimate of drug-likeness (QED) is 0.835. The predicted octanol–water partition coefficient (Wildman–Crippen LogP) is 2.65. The van der Waals surface area contributed by atoms with Gasteiger partial charge >= 0.3 is 6.18 Å². The Morgan fingerprint density at radius 3 is 2.71 bits per heavy atom. The fourth-order valence-corrected chi connectivity index (χ4v) is 1.84. The van der Waals surface area contributed by atoms with E-state index in [-0.39, 0.29) is 18.7 Å². The largest absolute Gasteiger partial charge is 0.416 e. The molecule has 0 saturated carbocycles. The zero-order chi connectivity index (χ0) is 15.5. The first-order valence-electron chi connectivity index (χ1n) is 6.13. The third kappa shape index (κ3) is 3.94. The Hall–Kier alpha value is -2.09. The molecule has 0 atom stereocenters. The molecule has 114 valence electrons. The van der Waals surface area contributed by atoms with Crippen LogP contribution < -0.4 is 5.32 Å². The molecule has 0 aliphatic heterocycles. The summed E-state index contributed by atoms with van der Waals surface area (Å²) in [6.45, 7) is 0.100. The van der Waals surface area contributed by atoms with Crippen LogP contribution >= 0.6 is 0 Å². The Morgan fingerprint density at radius 1 is 1.29 bits per heavy atom. The van der Waals surface area contributed by atoms with Gasteiger partial charge in [-0.15, -0.1) is 0 Å². The number of aliphatic hydroxyl groups is 1. The summed E-state index contributed by atoms with van der Waals surface area (Å²) >= 11 is 0. The molecule has 0 unspecified atom stereocenters. The summed E-state index contributed by atoms with van der Waals surface area (Å²) in [7, 11) is 0. The van der Waals surface area contributed by atoms with Crippen molar-refractivity contribution in [3.05, 3.63) is 47.5 Å². The number of benzene rings is 1. The molecular weight excluding hydrogens is 290 g/mol. The number of nitrogens with one attached hydrogen (secondary N) is 1. The lowest BCUT2D eigenvalue weighted by atomic mass is 10.1. The number of nitrogens with zero attached hydrogens (tertiary/aromatic N) is 2.